The summed E-state index contributed by atoms with van der Waals surface area (Å²) >= 11 is 14.4. The Balaban J connectivity index is 1.32. The molecule has 0 aliphatic carbocycles. The summed E-state index contributed by atoms with van der Waals surface area (Å²) in [7, 11) is 3.09. The number of halogens is 3. The highest BCUT2D eigenvalue weighted by Gasteiger charge is 2.23. The third kappa shape index (κ3) is 7.30. The van der Waals surface area contributed by atoms with Gasteiger partial charge in [-0.3, -0.25) is 4.79 Å². The van der Waals surface area contributed by atoms with Crippen molar-refractivity contribution in [1.29, 1.82) is 0 Å². The molecule has 0 saturated carbocycles. The summed E-state index contributed by atoms with van der Waals surface area (Å²) < 4.78 is 25.8. The molecule has 0 aliphatic rings. The van der Waals surface area contributed by atoms with Gasteiger partial charge in [0.25, 0.3) is 0 Å². The molecule has 1 N–H and O–H groups in total. The third-order valence-corrected chi connectivity index (χ3v) is 7.99. The zero-order chi connectivity index (χ0) is 27.9. The molecule has 0 unspecified atom stereocenters. The number of carbonyl (C=O) groups is 2. The average molecular weight is 610 g/mol. The highest BCUT2D eigenvalue weighted by Crippen LogP contribution is 2.36. The summed E-state index contributed by atoms with van der Waals surface area (Å²) in [6.07, 6.45) is 1.30. The molecule has 2 aromatic heterocycles. The van der Waals surface area contributed by atoms with Gasteiger partial charge in [-0.25, -0.2) is 9.18 Å². The Kier molecular flexibility index (Phi) is 9.84. The Bertz CT molecular complexity index is 1480. The average Bonchev–Trinajstić information content (AvgIpc) is 3.49. The Hall–Kier alpha value is -3.12. The maximum Gasteiger partial charge on any atom is 0.341 e. The van der Waals surface area contributed by atoms with E-state index in [1.165, 1.54) is 42.3 Å². The first-order chi connectivity index (χ1) is 18.8. The quantitative estimate of drug-likeness (QED) is 0.118. The minimum Gasteiger partial charge on any atom is -0.492 e. The number of thiophene rings is 1. The van der Waals surface area contributed by atoms with E-state index < -0.39 is 5.97 Å². The van der Waals surface area contributed by atoms with Gasteiger partial charge in [-0.2, -0.15) is 0 Å². The minimum atomic E-state index is -0.598. The number of nitrogens with zero attached hydrogens (tertiary/aromatic N) is 3. The normalized spacial score (nSPS) is 10.9. The van der Waals surface area contributed by atoms with E-state index in [1.807, 2.05) is 11.6 Å². The first-order valence-electron chi connectivity index (χ1n) is 11.6. The van der Waals surface area contributed by atoms with E-state index in [0.717, 1.165) is 5.82 Å². The molecular weight excluding hydrogens is 586 g/mol. The van der Waals surface area contributed by atoms with Gasteiger partial charge in [-0.15, -0.1) is 21.5 Å². The molecule has 0 atom stereocenters. The molecule has 0 fully saturated rings. The second-order valence-electron chi connectivity index (χ2n) is 8.17. The van der Waals surface area contributed by atoms with Gasteiger partial charge in [-0.1, -0.05) is 47.1 Å². The Morgan fingerprint density at radius 3 is 2.64 bits per heavy atom. The molecule has 13 heteroatoms. The number of carbonyl (C=O) groups excluding carboxylic acids is 2. The number of methoxy groups -OCH3 is 1. The lowest BCUT2D eigenvalue weighted by Gasteiger charge is -2.09. The number of aromatic nitrogens is 3. The van der Waals surface area contributed by atoms with Crippen molar-refractivity contribution in [2.45, 2.75) is 18.0 Å². The van der Waals surface area contributed by atoms with Crippen molar-refractivity contribution >= 4 is 63.2 Å². The van der Waals surface area contributed by atoms with Gasteiger partial charge in [0.2, 0.25) is 5.91 Å². The number of aryl methyl sites for hydroxylation is 1. The van der Waals surface area contributed by atoms with Crippen LogP contribution in [0.2, 0.25) is 10.0 Å². The molecule has 1 amide bonds. The molecule has 0 spiro atoms. The van der Waals surface area contributed by atoms with Crippen LogP contribution in [-0.2, 0) is 23.0 Å². The van der Waals surface area contributed by atoms with Crippen LogP contribution in [0.25, 0.3) is 11.1 Å². The molecule has 8 nitrogen and oxygen atoms in total. The molecule has 204 valence electrons. The standard InChI is InChI=1S/C26H23Cl2FN4O4S2/c1-33-21(4-3-11-37-20-10-7-16(27)12-19(20)28)31-32-26(33)39-14-22(34)30-24-23(25(35)36-2)18(13-38-24)15-5-8-17(29)9-6-15/h5-10,12-13H,3-4,11,14H2,1-2H3,(H,30,34). The van der Waals surface area contributed by atoms with Crippen molar-refractivity contribution in [3.8, 4) is 16.9 Å². The fraction of sp³-hybridized carbons (Fsp3) is 0.231. The third-order valence-electron chi connectivity index (χ3n) is 5.54. The van der Waals surface area contributed by atoms with Gasteiger partial charge in [0.15, 0.2) is 5.16 Å². The van der Waals surface area contributed by atoms with Crippen LogP contribution < -0.4 is 10.1 Å². The number of rotatable bonds is 11. The number of amides is 1. The van der Waals surface area contributed by atoms with Gasteiger partial charge in [0, 0.05) is 29.4 Å². The van der Waals surface area contributed by atoms with Crippen LogP contribution >= 0.6 is 46.3 Å². The largest absolute Gasteiger partial charge is 0.492 e. The van der Waals surface area contributed by atoms with E-state index in [2.05, 4.69) is 15.5 Å². The number of thioether (sulfide) groups is 1. The number of hydrogen-bond acceptors (Lipinski definition) is 8. The fourth-order valence-corrected chi connectivity index (χ4v) is 5.75. The van der Waals surface area contributed by atoms with Gasteiger partial charge >= 0.3 is 5.97 Å². The molecule has 4 aromatic rings. The van der Waals surface area contributed by atoms with Crippen molar-refractivity contribution in [2.75, 3.05) is 24.8 Å². The van der Waals surface area contributed by atoms with Crippen LogP contribution in [0.3, 0.4) is 0 Å². The second-order valence-corrected chi connectivity index (χ2v) is 10.8. The molecule has 0 aliphatic heterocycles. The monoisotopic (exact) mass is 608 g/mol. The van der Waals surface area contributed by atoms with E-state index in [4.69, 9.17) is 32.7 Å². The number of ether oxygens (including phenoxy) is 2. The topological polar surface area (TPSA) is 95.3 Å². The fourth-order valence-electron chi connectivity index (χ4n) is 3.58. The summed E-state index contributed by atoms with van der Waals surface area (Å²) in [5.74, 6) is 0.0525. The lowest BCUT2D eigenvalue weighted by atomic mass is 10.0. The summed E-state index contributed by atoms with van der Waals surface area (Å²) in [4.78, 5) is 25.2. The molecule has 0 saturated heterocycles. The van der Waals surface area contributed by atoms with Crippen LogP contribution in [0.1, 0.15) is 22.6 Å². The van der Waals surface area contributed by atoms with Gasteiger partial charge < -0.3 is 19.4 Å². The van der Waals surface area contributed by atoms with Gasteiger partial charge in [0.1, 0.15) is 28.0 Å². The van der Waals surface area contributed by atoms with Crippen molar-refractivity contribution in [2.24, 2.45) is 7.05 Å². The molecule has 4 rings (SSSR count). The van der Waals surface area contributed by atoms with E-state index in [1.54, 1.807) is 35.7 Å². The Morgan fingerprint density at radius 1 is 1.15 bits per heavy atom. The zero-order valence-corrected chi connectivity index (χ0v) is 24.0. The SMILES string of the molecule is COC(=O)c1c(-c2ccc(F)cc2)csc1NC(=O)CSc1nnc(CCCOc2ccc(Cl)cc2Cl)n1C. The summed E-state index contributed by atoms with van der Waals surface area (Å²) in [6.45, 7) is 0.433. The molecule has 2 heterocycles. The number of hydrogen-bond donors (Lipinski definition) is 1. The van der Waals surface area contributed by atoms with Crippen LogP contribution in [-0.4, -0.2) is 46.1 Å². The smallest absolute Gasteiger partial charge is 0.341 e. The maximum atomic E-state index is 13.4. The number of anilines is 1. The van der Waals surface area contributed by atoms with Crippen molar-refractivity contribution < 1.29 is 23.5 Å². The molecule has 0 bridgehead atoms. The van der Waals surface area contributed by atoms with Crippen molar-refractivity contribution in [3.05, 3.63) is 75.1 Å². The van der Waals surface area contributed by atoms with Crippen molar-refractivity contribution in [3.63, 3.8) is 0 Å². The lowest BCUT2D eigenvalue weighted by molar-refractivity contribution is -0.113. The molecule has 2 aromatic carbocycles. The van der Waals surface area contributed by atoms with Crippen LogP contribution in [0.4, 0.5) is 9.39 Å². The van der Waals surface area contributed by atoms with Gasteiger partial charge in [-0.05, 0) is 42.3 Å². The van der Waals surface area contributed by atoms with E-state index >= 15 is 0 Å². The van der Waals surface area contributed by atoms with Gasteiger partial charge in [0.05, 0.1) is 24.5 Å². The van der Waals surface area contributed by atoms with Crippen LogP contribution in [0.15, 0.2) is 53.0 Å². The summed E-state index contributed by atoms with van der Waals surface area (Å²) in [6, 6.07) is 10.8. The number of benzene rings is 2. The predicted octanol–water partition coefficient (Wildman–Crippen LogP) is 6.52. The zero-order valence-electron chi connectivity index (χ0n) is 20.9. The first-order valence-corrected chi connectivity index (χ1v) is 14.2. The Labute approximate surface area is 242 Å². The lowest BCUT2D eigenvalue weighted by Crippen LogP contribution is -2.16. The number of nitrogens with one attached hydrogen (secondary N) is 1. The minimum absolute atomic E-state index is 0.0501. The van der Waals surface area contributed by atoms with Crippen molar-refractivity contribution in [1.82, 2.24) is 14.8 Å². The molecular formula is C26H23Cl2FN4O4S2. The Morgan fingerprint density at radius 2 is 1.92 bits per heavy atom. The van der Waals surface area contributed by atoms with E-state index in [0.29, 0.717) is 56.5 Å². The summed E-state index contributed by atoms with van der Waals surface area (Å²) in [5.41, 5.74) is 1.40. The highest BCUT2D eigenvalue weighted by atomic mass is 35.5. The van der Waals surface area contributed by atoms with E-state index in [-0.39, 0.29) is 23.0 Å². The molecule has 0 radical (unpaired) electrons. The first kappa shape index (κ1) is 28.9. The van der Waals surface area contributed by atoms with E-state index in [9.17, 15) is 14.0 Å². The molecule has 39 heavy (non-hydrogen) atoms. The van der Waals surface area contributed by atoms with Crippen LogP contribution in [0.5, 0.6) is 5.75 Å². The highest BCUT2D eigenvalue weighted by molar-refractivity contribution is 7.99. The summed E-state index contributed by atoms with van der Waals surface area (Å²) in [5, 5.41) is 14.8. The second kappa shape index (κ2) is 13.3. The predicted molar refractivity (Wildman–Crippen MR) is 152 cm³/mol. The maximum absolute atomic E-state index is 13.4. The number of esters is 1. The van der Waals surface area contributed by atoms with Crippen LogP contribution in [0, 0.1) is 5.82 Å².